The van der Waals surface area contributed by atoms with E-state index < -0.39 is 36.2 Å². The summed E-state index contributed by atoms with van der Waals surface area (Å²) in [6, 6.07) is 10.9. The summed E-state index contributed by atoms with van der Waals surface area (Å²) in [5, 5.41) is 5.29. The summed E-state index contributed by atoms with van der Waals surface area (Å²) >= 11 is 7.52. The van der Waals surface area contributed by atoms with Crippen LogP contribution in [0.15, 0.2) is 48.5 Å². The molecule has 0 bridgehead atoms. The minimum absolute atomic E-state index is 0.236. The highest BCUT2D eigenvalue weighted by molar-refractivity contribution is 7.98. The van der Waals surface area contributed by atoms with Crippen molar-refractivity contribution in [3.05, 3.63) is 64.9 Å². The van der Waals surface area contributed by atoms with Crippen LogP contribution in [0.3, 0.4) is 0 Å². The molecule has 0 aliphatic rings. The summed E-state index contributed by atoms with van der Waals surface area (Å²) in [5.41, 5.74) is 0.483. The molecule has 0 aliphatic carbocycles. The molecule has 0 aromatic heterocycles. The number of nitrogens with one attached hydrogen (secondary N) is 2. The Kier molecular flexibility index (Phi) is 8.95. The second kappa shape index (κ2) is 11.4. The molecule has 0 saturated carbocycles. The van der Waals surface area contributed by atoms with Crippen LogP contribution in [0.1, 0.15) is 16.8 Å². The normalized spacial score (nSPS) is 11.4. The maximum absolute atomic E-state index is 13.2. The number of thioether (sulfide) groups is 1. The van der Waals surface area contributed by atoms with Crippen LogP contribution in [0.5, 0.6) is 0 Å². The molecule has 0 heterocycles. The number of hydrogen-bond acceptors (Lipinski definition) is 5. The number of esters is 1. The molecule has 0 fully saturated rings. The minimum Gasteiger partial charge on any atom is -0.454 e. The molecule has 6 nitrogen and oxygen atoms in total. The van der Waals surface area contributed by atoms with Crippen molar-refractivity contribution in [1.29, 1.82) is 0 Å². The van der Waals surface area contributed by atoms with E-state index in [4.69, 9.17) is 16.3 Å². The molecule has 0 aliphatic heterocycles. The van der Waals surface area contributed by atoms with E-state index in [1.807, 2.05) is 6.26 Å². The van der Waals surface area contributed by atoms with Crippen LogP contribution >= 0.6 is 23.4 Å². The van der Waals surface area contributed by atoms with Crippen molar-refractivity contribution in [3.63, 3.8) is 0 Å². The van der Waals surface area contributed by atoms with E-state index >= 15 is 0 Å². The van der Waals surface area contributed by atoms with Gasteiger partial charge in [-0.2, -0.15) is 11.8 Å². The van der Waals surface area contributed by atoms with Gasteiger partial charge in [-0.1, -0.05) is 29.8 Å². The van der Waals surface area contributed by atoms with Crippen LogP contribution < -0.4 is 10.6 Å². The maximum atomic E-state index is 13.2. The fourth-order valence-electron chi connectivity index (χ4n) is 2.37. The third kappa shape index (κ3) is 7.40. The maximum Gasteiger partial charge on any atom is 0.329 e. The van der Waals surface area contributed by atoms with Gasteiger partial charge in [0.15, 0.2) is 6.61 Å². The number of ether oxygens (including phenoxy) is 1. The number of anilines is 1. The third-order valence-electron chi connectivity index (χ3n) is 3.77. The van der Waals surface area contributed by atoms with Gasteiger partial charge >= 0.3 is 5.97 Å². The molecule has 1 unspecified atom stereocenters. The van der Waals surface area contributed by atoms with Crippen LogP contribution in [0, 0.1) is 5.82 Å². The first-order chi connectivity index (χ1) is 13.9. The van der Waals surface area contributed by atoms with Crippen LogP contribution in [-0.4, -0.2) is 42.4 Å². The molecule has 154 valence electrons. The molecular formula is C20H20ClFN2O4S. The summed E-state index contributed by atoms with van der Waals surface area (Å²) in [6.07, 6.45) is 2.19. The average Bonchev–Trinajstić information content (AvgIpc) is 2.69. The Labute approximate surface area is 177 Å². The number of carbonyl (C=O) groups is 3. The molecule has 29 heavy (non-hydrogen) atoms. The number of hydrogen-bond donors (Lipinski definition) is 2. The van der Waals surface area contributed by atoms with E-state index in [0.29, 0.717) is 12.2 Å². The van der Waals surface area contributed by atoms with E-state index in [0.717, 1.165) is 6.07 Å². The zero-order chi connectivity index (χ0) is 21.2. The monoisotopic (exact) mass is 438 g/mol. The smallest absolute Gasteiger partial charge is 0.329 e. The number of rotatable bonds is 9. The standard InChI is InChI=1S/C20H20ClFN2O4S/c1-29-10-9-17(24-19(26)15-7-2-3-8-16(15)21)20(27)28-12-18(25)23-14-6-4-5-13(22)11-14/h2-8,11,17H,9-10,12H2,1H3,(H,23,25)(H,24,26). The van der Waals surface area contributed by atoms with E-state index in [-0.39, 0.29) is 16.3 Å². The zero-order valence-electron chi connectivity index (χ0n) is 15.6. The molecular weight excluding hydrogens is 419 g/mol. The highest BCUT2D eigenvalue weighted by Gasteiger charge is 2.24. The lowest BCUT2D eigenvalue weighted by molar-refractivity contribution is -0.149. The van der Waals surface area contributed by atoms with E-state index in [9.17, 15) is 18.8 Å². The van der Waals surface area contributed by atoms with Gasteiger partial charge in [0.1, 0.15) is 11.9 Å². The second-order valence-corrected chi connectivity index (χ2v) is 7.35. The summed E-state index contributed by atoms with van der Waals surface area (Å²) in [7, 11) is 0. The fraction of sp³-hybridized carbons (Fsp3) is 0.250. The molecule has 0 radical (unpaired) electrons. The Bertz CT molecular complexity index is 881. The molecule has 2 aromatic rings. The van der Waals surface area contributed by atoms with Crippen molar-refractivity contribution in [2.75, 3.05) is 23.9 Å². The van der Waals surface area contributed by atoms with Gasteiger partial charge in [0, 0.05) is 5.69 Å². The van der Waals surface area contributed by atoms with Crippen LogP contribution in [0.2, 0.25) is 5.02 Å². The highest BCUT2D eigenvalue weighted by atomic mass is 35.5. The Morgan fingerprint density at radius 1 is 1.17 bits per heavy atom. The molecule has 9 heteroatoms. The Morgan fingerprint density at radius 3 is 2.62 bits per heavy atom. The first-order valence-electron chi connectivity index (χ1n) is 8.67. The lowest BCUT2D eigenvalue weighted by Crippen LogP contribution is -2.43. The Balaban J connectivity index is 1.94. The average molecular weight is 439 g/mol. The van der Waals surface area contributed by atoms with Gasteiger partial charge in [0.05, 0.1) is 10.6 Å². The quantitative estimate of drug-likeness (QED) is 0.585. The van der Waals surface area contributed by atoms with E-state index in [1.54, 1.807) is 24.3 Å². The Morgan fingerprint density at radius 2 is 1.93 bits per heavy atom. The topological polar surface area (TPSA) is 84.5 Å². The predicted octanol–water partition coefficient (Wildman–Crippen LogP) is 3.51. The number of amides is 2. The van der Waals surface area contributed by atoms with Crippen molar-refractivity contribution in [2.24, 2.45) is 0 Å². The SMILES string of the molecule is CSCCC(NC(=O)c1ccccc1Cl)C(=O)OCC(=O)Nc1cccc(F)c1. The first-order valence-corrected chi connectivity index (χ1v) is 10.4. The van der Waals surface area contributed by atoms with Crippen molar-refractivity contribution in [3.8, 4) is 0 Å². The van der Waals surface area contributed by atoms with Crippen LogP contribution in [0.4, 0.5) is 10.1 Å². The fourth-order valence-corrected chi connectivity index (χ4v) is 3.06. The highest BCUT2D eigenvalue weighted by Crippen LogP contribution is 2.15. The van der Waals surface area contributed by atoms with Crippen molar-refractivity contribution in [1.82, 2.24) is 5.32 Å². The van der Waals surface area contributed by atoms with Gasteiger partial charge in [-0.15, -0.1) is 0 Å². The van der Waals surface area contributed by atoms with Crippen LogP contribution in [0.25, 0.3) is 0 Å². The molecule has 2 rings (SSSR count). The van der Waals surface area contributed by atoms with Crippen molar-refractivity contribution in [2.45, 2.75) is 12.5 Å². The van der Waals surface area contributed by atoms with E-state index in [1.165, 1.54) is 30.0 Å². The molecule has 2 amide bonds. The summed E-state index contributed by atoms with van der Waals surface area (Å²) in [4.78, 5) is 36.8. The van der Waals surface area contributed by atoms with Gasteiger partial charge < -0.3 is 15.4 Å². The third-order valence-corrected chi connectivity index (χ3v) is 4.75. The lowest BCUT2D eigenvalue weighted by Gasteiger charge is -2.17. The van der Waals surface area contributed by atoms with Crippen LogP contribution in [-0.2, 0) is 14.3 Å². The van der Waals surface area contributed by atoms with Gasteiger partial charge in [0.2, 0.25) is 0 Å². The van der Waals surface area contributed by atoms with Gasteiger partial charge in [-0.3, -0.25) is 9.59 Å². The number of benzene rings is 2. The largest absolute Gasteiger partial charge is 0.454 e. The second-order valence-electron chi connectivity index (χ2n) is 5.95. The van der Waals surface area contributed by atoms with Crippen molar-refractivity contribution >= 4 is 46.8 Å². The van der Waals surface area contributed by atoms with Crippen molar-refractivity contribution < 1.29 is 23.5 Å². The predicted molar refractivity (Wildman–Crippen MR) is 112 cm³/mol. The Hall–Kier alpha value is -2.58. The first kappa shape index (κ1) is 22.7. The van der Waals surface area contributed by atoms with E-state index in [2.05, 4.69) is 10.6 Å². The summed E-state index contributed by atoms with van der Waals surface area (Å²) in [5.74, 6) is -1.78. The van der Waals surface area contributed by atoms with Gasteiger partial charge in [-0.25, -0.2) is 9.18 Å². The van der Waals surface area contributed by atoms with Gasteiger partial charge in [-0.05, 0) is 48.8 Å². The summed E-state index contributed by atoms with van der Waals surface area (Å²) < 4.78 is 18.2. The molecule has 2 N–H and O–H groups in total. The lowest BCUT2D eigenvalue weighted by atomic mass is 10.1. The minimum atomic E-state index is -0.937. The molecule has 2 aromatic carbocycles. The zero-order valence-corrected chi connectivity index (χ0v) is 17.2. The molecule has 0 saturated heterocycles. The number of carbonyl (C=O) groups excluding carboxylic acids is 3. The number of halogens is 2. The molecule has 0 spiro atoms. The summed E-state index contributed by atoms with van der Waals surface area (Å²) in [6.45, 7) is -0.562. The van der Waals surface area contributed by atoms with Gasteiger partial charge in [0.25, 0.3) is 11.8 Å². The molecule has 1 atom stereocenters.